The van der Waals surface area contributed by atoms with Crippen molar-refractivity contribution in [1.29, 1.82) is 0 Å². The van der Waals surface area contributed by atoms with Gasteiger partial charge in [-0.2, -0.15) is 0 Å². The lowest BCUT2D eigenvalue weighted by molar-refractivity contribution is -0.142. The molecule has 0 amide bonds. The van der Waals surface area contributed by atoms with E-state index in [1.165, 1.54) is 0 Å². The van der Waals surface area contributed by atoms with Crippen LogP contribution < -0.4 is 4.90 Å². The zero-order chi connectivity index (χ0) is 13.0. The Morgan fingerprint density at radius 3 is 2.53 bits per heavy atom. The number of carboxylic acids is 1. The second-order valence-corrected chi connectivity index (χ2v) is 4.49. The van der Waals surface area contributed by atoms with Crippen LogP contribution in [0.25, 0.3) is 0 Å². The third-order valence-electron chi connectivity index (χ3n) is 2.88. The van der Waals surface area contributed by atoms with Gasteiger partial charge in [-0.05, 0) is 31.7 Å². The molecule has 0 radical (unpaired) electrons. The maximum absolute atomic E-state index is 10.9. The highest BCUT2D eigenvalue weighted by Gasteiger charge is 2.16. The Balaban J connectivity index is 2.74. The van der Waals surface area contributed by atoms with Gasteiger partial charge in [0.05, 0.1) is 0 Å². The van der Waals surface area contributed by atoms with Gasteiger partial charge in [-0.1, -0.05) is 12.1 Å². The molecule has 0 aromatic heterocycles. The highest BCUT2D eigenvalue weighted by Crippen LogP contribution is 2.15. The fourth-order valence-corrected chi connectivity index (χ4v) is 1.55. The van der Waals surface area contributed by atoms with Crippen LogP contribution in [0.1, 0.15) is 12.5 Å². The van der Waals surface area contributed by atoms with E-state index in [0.29, 0.717) is 6.54 Å². The molecular weight excluding hydrogens is 216 g/mol. The molecule has 0 aliphatic rings. The van der Waals surface area contributed by atoms with Crippen molar-refractivity contribution in [2.75, 3.05) is 26.0 Å². The Morgan fingerprint density at radius 2 is 2.00 bits per heavy atom. The number of nitrogens with zero attached hydrogens (tertiary/aromatic N) is 2. The number of benzene rings is 1. The topological polar surface area (TPSA) is 43.8 Å². The number of anilines is 1. The molecule has 1 N–H and O–H groups in total. The molecule has 4 nitrogen and oxygen atoms in total. The maximum Gasteiger partial charge on any atom is 0.320 e. The minimum Gasteiger partial charge on any atom is -0.480 e. The van der Waals surface area contributed by atoms with Crippen LogP contribution in [-0.2, 0) is 11.3 Å². The summed E-state index contributed by atoms with van der Waals surface area (Å²) in [5.74, 6) is -0.795. The van der Waals surface area contributed by atoms with E-state index in [0.717, 1.165) is 11.3 Å². The van der Waals surface area contributed by atoms with Crippen LogP contribution in [0.3, 0.4) is 0 Å². The van der Waals surface area contributed by atoms with E-state index >= 15 is 0 Å². The molecule has 0 aliphatic carbocycles. The van der Waals surface area contributed by atoms with E-state index in [4.69, 9.17) is 5.11 Å². The number of carboxylic acid groups (broad SMARTS) is 1. The van der Waals surface area contributed by atoms with Crippen molar-refractivity contribution in [2.45, 2.75) is 19.5 Å². The van der Waals surface area contributed by atoms with Crippen LogP contribution in [0.2, 0.25) is 0 Å². The van der Waals surface area contributed by atoms with Gasteiger partial charge >= 0.3 is 5.97 Å². The summed E-state index contributed by atoms with van der Waals surface area (Å²) in [6.45, 7) is 2.33. The van der Waals surface area contributed by atoms with E-state index in [9.17, 15) is 4.79 Å². The first kappa shape index (κ1) is 13.5. The normalized spacial score (nSPS) is 12.5. The molecule has 0 spiro atoms. The molecule has 1 atom stereocenters. The molecule has 0 aliphatic heterocycles. The van der Waals surface area contributed by atoms with Crippen LogP contribution in [0, 0.1) is 0 Å². The smallest absolute Gasteiger partial charge is 0.320 e. The summed E-state index contributed by atoms with van der Waals surface area (Å²) in [6, 6.07) is 7.63. The highest BCUT2D eigenvalue weighted by atomic mass is 16.4. The fraction of sp³-hybridized carbons (Fsp3) is 0.462. The maximum atomic E-state index is 10.9. The zero-order valence-corrected chi connectivity index (χ0v) is 10.8. The highest BCUT2D eigenvalue weighted by molar-refractivity contribution is 5.72. The van der Waals surface area contributed by atoms with Gasteiger partial charge in [0.15, 0.2) is 0 Å². The van der Waals surface area contributed by atoms with Gasteiger partial charge in [-0.3, -0.25) is 9.69 Å². The van der Waals surface area contributed by atoms with Crippen molar-refractivity contribution in [3.63, 3.8) is 0 Å². The standard InChI is InChI=1S/C13H20N2O2/c1-10(13(16)17)15(4)9-11-6-5-7-12(8-11)14(2)3/h5-8,10H,9H2,1-4H3,(H,16,17). The molecule has 4 heteroatoms. The van der Waals surface area contributed by atoms with Gasteiger partial charge in [-0.25, -0.2) is 0 Å². The predicted octanol–water partition coefficient (Wildman–Crippen LogP) is 1.66. The molecule has 1 aromatic rings. The van der Waals surface area contributed by atoms with E-state index in [1.807, 2.05) is 49.1 Å². The first-order valence-corrected chi connectivity index (χ1v) is 5.61. The second kappa shape index (κ2) is 5.68. The van der Waals surface area contributed by atoms with Crippen LogP contribution in [0.5, 0.6) is 0 Å². The van der Waals surface area contributed by atoms with Crippen molar-refractivity contribution < 1.29 is 9.90 Å². The summed E-state index contributed by atoms with van der Waals surface area (Å²) in [7, 11) is 5.80. The number of carbonyl (C=O) groups is 1. The molecule has 0 fully saturated rings. The number of hydrogen-bond acceptors (Lipinski definition) is 3. The van der Waals surface area contributed by atoms with Gasteiger partial charge in [0.2, 0.25) is 0 Å². The van der Waals surface area contributed by atoms with Crippen LogP contribution in [0.15, 0.2) is 24.3 Å². The lowest BCUT2D eigenvalue weighted by atomic mass is 10.1. The average molecular weight is 236 g/mol. The fourth-order valence-electron chi connectivity index (χ4n) is 1.55. The molecule has 1 rings (SSSR count). The van der Waals surface area contributed by atoms with Crippen molar-refractivity contribution in [1.82, 2.24) is 4.90 Å². The Bertz CT molecular complexity index is 391. The molecular formula is C13H20N2O2. The summed E-state index contributed by atoms with van der Waals surface area (Å²) < 4.78 is 0. The largest absolute Gasteiger partial charge is 0.480 e. The molecule has 17 heavy (non-hydrogen) atoms. The minimum atomic E-state index is -0.795. The molecule has 94 valence electrons. The summed E-state index contributed by atoms with van der Waals surface area (Å²) in [6.07, 6.45) is 0. The number of rotatable bonds is 5. The number of aliphatic carboxylic acids is 1. The van der Waals surface area contributed by atoms with Crippen molar-refractivity contribution in [3.8, 4) is 0 Å². The predicted molar refractivity (Wildman–Crippen MR) is 69.3 cm³/mol. The molecule has 0 saturated heterocycles. The molecule has 0 heterocycles. The molecule has 1 unspecified atom stereocenters. The van der Waals surface area contributed by atoms with E-state index < -0.39 is 12.0 Å². The number of hydrogen-bond donors (Lipinski definition) is 1. The Hall–Kier alpha value is -1.55. The molecule has 0 bridgehead atoms. The van der Waals surface area contributed by atoms with Gasteiger partial charge in [0.25, 0.3) is 0 Å². The van der Waals surface area contributed by atoms with Crippen LogP contribution in [-0.4, -0.2) is 43.2 Å². The van der Waals surface area contributed by atoms with Crippen molar-refractivity contribution >= 4 is 11.7 Å². The molecule has 1 aromatic carbocycles. The van der Waals surface area contributed by atoms with Crippen molar-refractivity contribution in [3.05, 3.63) is 29.8 Å². The lowest BCUT2D eigenvalue weighted by Crippen LogP contribution is -2.35. The Morgan fingerprint density at radius 1 is 1.35 bits per heavy atom. The van der Waals surface area contributed by atoms with E-state index in [1.54, 1.807) is 6.92 Å². The lowest BCUT2D eigenvalue weighted by Gasteiger charge is -2.22. The van der Waals surface area contributed by atoms with Gasteiger partial charge in [0, 0.05) is 26.3 Å². The van der Waals surface area contributed by atoms with Gasteiger partial charge < -0.3 is 10.0 Å². The van der Waals surface area contributed by atoms with E-state index in [-0.39, 0.29) is 0 Å². The second-order valence-electron chi connectivity index (χ2n) is 4.49. The molecule has 0 saturated carbocycles. The summed E-state index contributed by atoms with van der Waals surface area (Å²) >= 11 is 0. The summed E-state index contributed by atoms with van der Waals surface area (Å²) in [4.78, 5) is 14.7. The van der Waals surface area contributed by atoms with Crippen LogP contribution >= 0.6 is 0 Å². The number of likely N-dealkylation sites (N-methyl/N-ethyl adjacent to an activating group) is 1. The monoisotopic (exact) mass is 236 g/mol. The van der Waals surface area contributed by atoms with Gasteiger partial charge in [-0.15, -0.1) is 0 Å². The van der Waals surface area contributed by atoms with Gasteiger partial charge in [0.1, 0.15) is 6.04 Å². The first-order chi connectivity index (χ1) is 7.91. The minimum absolute atomic E-state index is 0.474. The average Bonchev–Trinajstić information content (AvgIpc) is 2.28. The Kier molecular flexibility index (Phi) is 4.52. The first-order valence-electron chi connectivity index (χ1n) is 5.61. The summed E-state index contributed by atoms with van der Waals surface area (Å²) in [5, 5.41) is 8.92. The van der Waals surface area contributed by atoms with Crippen LogP contribution in [0.4, 0.5) is 5.69 Å². The Labute approximate surface area is 102 Å². The third-order valence-corrected chi connectivity index (χ3v) is 2.88. The third kappa shape index (κ3) is 3.75. The van der Waals surface area contributed by atoms with E-state index in [2.05, 4.69) is 6.07 Å². The summed E-state index contributed by atoms with van der Waals surface area (Å²) in [5.41, 5.74) is 2.24. The SMILES string of the molecule is CC(C(=O)O)N(C)Cc1cccc(N(C)C)c1. The zero-order valence-electron chi connectivity index (χ0n) is 10.8. The quantitative estimate of drug-likeness (QED) is 0.844. The van der Waals surface area contributed by atoms with Crippen molar-refractivity contribution in [2.24, 2.45) is 0 Å².